The molecule has 1 amide bonds. The van der Waals surface area contributed by atoms with Gasteiger partial charge in [0.1, 0.15) is 0 Å². The van der Waals surface area contributed by atoms with Crippen molar-refractivity contribution in [3.8, 4) is 0 Å². The lowest BCUT2D eigenvalue weighted by Gasteiger charge is -2.15. The molecule has 4 heteroatoms. The van der Waals surface area contributed by atoms with E-state index in [-0.39, 0.29) is 5.91 Å². The number of nitrogens with zero attached hydrogens (tertiary/aromatic N) is 1. The van der Waals surface area contributed by atoms with Crippen LogP contribution in [0.2, 0.25) is 0 Å². The second kappa shape index (κ2) is 3.67. The van der Waals surface area contributed by atoms with Crippen molar-refractivity contribution < 1.29 is 4.79 Å². The Balaban J connectivity index is 2.14. The highest BCUT2D eigenvalue weighted by atomic mass is 16.2. The molecule has 1 heterocycles. The highest BCUT2D eigenvalue weighted by molar-refractivity contribution is 5.94. The fourth-order valence-corrected chi connectivity index (χ4v) is 1.49. The van der Waals surface area contributed by atoms with Gasteiger partial charge in [-0.3, -0.25) is 9.80 Å². The minimum Gasteiger partial charge on any atom is -0.399 e. The molecule has 0 saturated carbocycles. The second-order valence-electron chi connectivity index (χ2n) is 3.34. The lowest BCUT2D eigenvalue weighted by Crippen LogP contribution is -2.36. The van der Waals surface area contributed by atoms with Crippen molar-refractivity contribution in [1.82, 2.24) is 10.4 Å². The monoisotopic (exact) mass is 191 g/mol. The van der Waals surface area contributed by atoms with Crippen LogP contribution in [-0.4, -0.2) is 24.0 Å². The Bertz CT molecular complexity index is 328. The molecule has 0 radical (unpaired) electrons. The predicted molar refractivity (Wildman–Crippen MR) is 54.5 cm³/mol. The number of hydrogen-bond acceptors (Lipinski definition) is 3. The number of nitrogens with one attached hydrogen (secondary N) is 1. The van der Waals surface area contributed by atoms with Gasteiger partial charge in [-0.15, -0.1) is 0 Å². The maximum absolute atomic E-state index is 11.8. The molecule has 1 aliphatic heterocycles. The fraction of sp³-hybridized carbons (Fsp3) is 0.300. The van der Waals surface area contributed by atoms with Gasteiger partial charge in [0.15, 0.2) is 0 Å². The summed E-state index contributed by atoms with van der Waals surface area (Å²) in [6, 6.07) is 6.97. The number of carbonyl (C=O) groups excluding carboxylic acids is 1. The normalized spacial score (nSPS) is 15.9. The summed E-state index contributed by atoms with van der Waals surface area (Å²) in [5.41, 5.74) is 9.91. The molecule has 0 spiro atoms. The third-order valence-electron chi connectivity index (χ3n) is 2.26. The Hall–Kier alpha value is -1.55. The van der Waals surface area contributed by atoms with Gasteiger partial charge >= 0.3 is 0 Å². The van der Waals surface area contributed by atoms with Crippen LogP contribution in [0, 0.1) is 0 Å². The summed E-state index contributed by atoms with van der Waals surface area (Å²) >= 11 is 0. The number of hydrazine groups is 1. The number of nitrogens with two attached hydrogens (primary N) is 1. The molecule has 1 aromatic rings. The van der Waals surface area contributed by atoms with Gasteiger partial charge in [0.05, 0.1) is 0 Å². The third kappa shape index (κ3) is 1.70. The Morgan fingerprint density at radius 3 is 2.64 bits per heavy atom. The molecule has 1 fully saturated rings. The number of rotatable bonds is 1. The Morgan fingerprint density at radius 2 is 2.07 bits per heavy atom. The third-order valence-corrected chi connectivity index (χ3v) is 2.26. The van der Waals surface area contributed by atoms with Crippen LogP contribution < -0.4 is 11.2 Å². The van der Waals surface area contributed by atoms with E-state index in [1.165, 1.54) is 0 Å². The summed E-state index contributed by atoms with van der Waals surface area (Å²) < 4.78 is 0. The molecule has 14 heavy (non-hydrogen) atoms. The quantitative estimate of drug-likeness (QED) is 0.640. The lowest BCUT2D eigenvalue weighted by atomic mass is 10.2. The molecule has 0 aromatic heterocycles. The first kappa shape index (κ1) is 9.02. The molecule has 1 aliphatic rings. The smallest absolute Gasteiger partial charge is 0.267 e. The average Bonchev–Trinajstić information content (AvgIpc) is 2.71. The first-order valence-electron chi connectivity index (χ1n) is 4.68. The van der Waals surface area contributed by atoms with Crippen LogP contribution in [0.3, 0.4) is 0 Å². The van der Waals surface area contributed by atoms with Crippen LogP contribution in [-0.2, 0) is 0 Å². The molecule has 3 N–H and O–H groups in total. The van der Waals surface area contributed by atoms with Crippen molar-refractivity contribution in [3.05, 3.63) is 29.8 Å². The van der Waals surface area contributed by atoms with Crippen molar-refractivity contribution in [2.75, 3.05) is 18.8 Å². The number of carbonyl (C=O) groups is 1. The van der Waals surface area contributed by atoms with E-state index in [1.54, 1.807) is 29.3 Å². The predicted octanol–water partition coefficient (Wildman–Crippen LogP) is 0.619. The zero-order valence-corrected chi connectivity index (χ0v) is 7.86. The summed E-state index contributed by atoms with van der Waals surface area (Å²) in [6.45, 7) is 1.66. The van der Waals surface area contributed by atoms with E-state index in [2.05, 4.69) is 5.43 Å². The van der Waals surface area contributed by atoms with Crippen LogP contribution in [0.25, 0.3) is 0 Å². The van der Waals surface area contributed by atoms with Crippen LogP contribution in [0.15, 0.2) is 24.3 Å². The lowest BCUT2D eigenvalue weighted by molar-refractivity contribution is 0.0726. The summed E-state index contributed by atoms with van der Waals surface area (Å²) in [4.78, 5) is 11.8. The Morgan fingerprint density at radius 1 is 1.36 bits per heavy atom. The molecule has 74 valence electrons. The van der Waals surface area contributed by atoms with Crippen LogP contribution in [0.5, 0.6) is 0 Å². The summed E-state index contributed by atoms with van der Waals surface area (Å²) in [5, 5.41) is 1.64. The summed E-state index contributed by atoms with van der Waals surface area (Å²) in [6.07, 6.45) is 1.01. The first-order valence-corrected chi connectivity index (χ1v) is 4.68. The van der Waals surface area contributed by atoms with E-state index in [9.17, 15) is 4.79 Å². The maximum Gasteiger partial charge on any atom is 0.267 e. The molecule has 0 bridgehead atoms. The van der Waals surface area contributed by atoms with Gasteiger partial charge in [-0.2, -0.15) is 0 Å². The van der Waals surface area contributed by atoms with E-state index < -0.39 is 0 Å². The van der Waals surface area contributed by atoms with Crippen molar-refractivity contribution in [3.63, 3.8) is 0 Å². The highest BCUT2D eigenvalue weighted by Gasteiger charge is 2.18. The molecular formula is C10H13N3O. The average molecular weight is 191 g/mol. The van der Waals surface area contributed by atoms with E-state index in [1.807, 2.05) is 0 Å². The molecule has 0 aliphatic carbocycles. The number of hydrogen-bond donors (Lipinski definition) is 2. The van der Waals surface area contributed by atoms with Gasteiger partial charge in [0, 0.05) is 24.3 Å². The van der Waals surface area contributed by atoms with E-state index in [0.29, 0.717) is 11.3 Å². The van der Waals surface area contributed by atoms with Crippen LogP contribution in [0.4, 0.5) is 5.69 Å². The van der Waals surface area contributed by atoms with Crippen LogP contribution >= 0.6 is 0 Å². The molecular weight excluding hydrogens is 178 g/mol. The Kier molecular flexibility index (Phi) is 2.37. The van der Waals surface area contributed by atoms with Gasteiger partial charge < -0.3 is 5.73 Å². The topological polar surface area (TPSA) is 58.4 Å². The van der Waals surface area contributed by atoms with Gasteiger partial charge in [-0.25, -0.2) is 5.43 Å². The van der Waals surface area contributed by atoms with E-state index in [0.717, 1.165) is 19.5 Å². The fourth-order valence-electron chi connectivity index (χ4n) is 1.49. The van der Waals surface area contributed by atoms with E-state index in [4.69, 9.17) is 5.73 Å². The zero-order valence-electron chi connectivity index (χ0n) is 7.86. The second-order valence-corrected chi connectivity index (χ2v) is 3.34. The number of amides is 1. The van der Waals surface area contributed by atoms with E-state index >= 15 is 0 Å². The van der Waals surface area contributed by atoms with Crippen molar-refractivity contribution in [2.24, 2.45) is 0 Å². The molecule has 4 nitrogen and oxygen atoms in total. The summed E-state index contributed by atoms with van der Waals surface area (Å²) in [7, 11) is 0. The minimum absolute atomic E-state index is 0.0162. The SMILES string of the molecule is Nc1ccc(C(=O)N2CCCN2)cc1. The number of nitrogen functional groups attached to an aromatic ring is 1. The van der Waals surface area contributed by atoms with Crippen LogP contribution in [0.1, 0.15) is 16.8 Å². The van der Waals surface area contributed by atoms with Gasteiger partial charge in [-0.05, 0) is 30.7 Å². The minimum atomic E-state index is 0.0162. The molecule has 1 saturated heterocycles. The number of benzene rings is 1. The zero-order chi connectivity index (χ0) is 9.97. The molecule has 0 atom stereocenters. The van der Waals surface area contributed by atoms with Crippen molar-refractivity contribution >= 4 is 11.6 Å². The standard InChI is InChI=1S/C10H13N3O/c11-9-4-2-8(3-5-9)10(14)13-7-1-6-12-13/h2-5,12H,1,6-7,11H2. The first-order chi connectivity index (χ1) is 6.77. The number of anilines is 1. The maximum atomic E-state index is 11.8. The molecule has 0 unspecified atom stereocenters. The van der Waals surface area contributed by atoms with Gasteiger partial charge in [-0.1, -0.05) is 0 Å². The molecule has 2 rings (SSSR count). The summed E-state index contributed by atoms with van der Waals surface area (Å²) in [5.74, 6) is 0.0162. The van der Waals surface area contributed by atoms with Crippen molar-refractivity contribution in [1.29, 1.82) is 0 Å². The Labute approximate surface area is 82.7 Å². The highest BCUT2D eigenvalue weighted by Crippen LogP contribution is 2.09. The molecule has 1 aromatic carbocycles. The van der Waals surface area contributed by atoms with Gasteiger partial charge in [0.2, 0.25) is 0 Å². The van der Waals surface area contributed by atoms with Crippen molar-refractivity contribution in [2.45, 2.75) is 6.42 Å². The van der Waals surface area contributed by atoms with Gasteiger partial charge in [0.25, 0.3) is 5.91 Å². The largest absolute Gasteiger partial charge is 0.399 e.